The number of anilines is 1. The number of fused-ring (bicyclic) bond motifs is 1. The highest BCUT2D eigenvalue weighted by molar-refractivity contribution is 6.32. The van der Waals surface area contributed by atoms with E-state index < -0.39 is 11.4 Å². The zero-order valence-electron chi connectivity index (χ0n) is 11.8. The van der Waals surface area contributed by atoms with Gasteiger partial charge in [-0.05, 0) is 30.5 Å². The Morgan fingerprint density at radius 3 is 2.68 bits per heavy atom. The van der Waals surface area contributed by atoms with Crippen molar-refractivity contribution in [3.63, 3.8) is 0 Å². The summed E-state index contributed by atoms with van der Waals surface area (Å²) < 4.78 is 1.04. The molecule has 7 nitrogen and oxygen atoms in total. The van der Waals surface area contributed by atoms with Crippen molar-refractivity contribution >= 4 is 23.2 Å². The smallest absolute Gasteiger partial charge is 0.312 e. The van der Waals surface area contributed by atoms with Crippen molar-refractivity contribution < 1.29 is 4.79 Å². The molecule has 1 aliphatic rings. The lowest BCUT2D eigenvalue weighted by Gasteiger charge is -2.17. The second kappa shape index (κ2) is 5.84. The summed E-state index contributed by atoms with van der Waals surface area (Å²) in [6, 6.07) is 5.53. The second-order valence-corrected chi connectivity index (χ2v) is 5.56. The second-order valence-electron chi connectivity index (χ2n) is 5.15. The number of aromatic nitrogens is 3. The van der Waals surface area contributed by atoms with Crippen molar-refractivity contribution in [1.82, 2.24) is 14.8 Å². The Labute approximate surface area is 130 Å². The largest absolute Gasteiger partial charge is 0.344 e. The average Bonchev–Trinajstić information content (AvgIpc) is 3.06. The molecule has 22 heavy (non-hydrogen) atoms. The number of H-pyrrole nitrogens is 2. The lowest BCUT2D eigenvalue weighted by Crippen LogP contribution is -2.30. The van der Waals surface area contributed by atoms with Gasteiger partial charge in [-0.2, -0.15) is 0 Å². The molecular weight excluding hydrogens is 308 g/mol. The Morgan fingerprint density at radius 2 is 1.95 bits per heavy atom. The van der Waals surface area contributed by atoms with E-state index in [1.807, 2.05) is 18.2 Å². The summed E-state index contributed by atoms with van der Waals surface area (Å²) in [5, 5.41) is 5.10. The molecule has 1 aromatic carbocycles. The van der Waals surface area contributed by atoms with Crippen LogP contribution in [-0.2, 0) is 17.8 Å². The third-order valence-electron chi connectivity index (χ3n) is 3.81. The number of aromatic amines is 2. The fourth-order valence-corrected chi connectivity index (χ4v) is 2.98. The number of hydrogen-bond donors (Lipinski definition) is 2. The number of nitrogens with zero attached hydrogens (tertiary/aromatic N) is 2. The summed E-state index contributed by atoms with van der Waals surface area (Å²) in [7, 11) is 0. The van der Waals surface area contributed by atoms with E-state index in [9.17, 15) is 14.4 Å². The molecule has 0 saturated carbocycles. The van der Waals surface area contributed by atoms with Gasteiger partial charge in [-0.1, -0.05) is 17.7 Å². The van der Waals surface area contributed by atoms with Gasteiger partial charge >= 0.3 is 11.4 Å². The molecule has 0 aliphatic carbocycles. The van der Waals surface area contributed by atoms with Gasteiger partial charge in [0.05, 0.1) is 0 Å². The SMILES string of the molecule is O=C(CCCn1c(=O)[nH][nH]c1=O)N1CCc2c(Cl)cccc21. The Hall–Kier alpha value is -2.28. The van der Waals surface area contributed by atoms with Gasteiger partial charge in [0, 0.05) is 30.2 Å². The predicted molar refractivity (Wildman–Crippen MR) is 82.4 cm³/mol. The Bertz CT molecular complexity index is 792. The van der Waals surface area contributed by atoms with E-state index in [1.54, 1.807) is 4.90 Å². The highest BCUT2D eigenvalue weighted by atomic mass is 35.5. The predicted octanol–water partition coefficient (Wildman–Crippen LogP) is 0.888. The van der Waals surface area contributed by atoms with Crippen LogP contribution in [0.3, 0.4) is 0 Å². The van der Waals surface area contributed by atoms with Crippen LogP contribution >= 0.6 is 11.6 Å². The summed E-state index contributed by atoms with van der Waals surface area (Å²) in [5.41, 5.74) is 0.872. The Morgan fingerprint density at radius 1 is 1.23 bits per heavy atom. The maximum atomic E-state index is 12.3. The molecular formula is C14H15ClN4O3. The highest BCUT2D eigenvalue weighted by Crippen LogP contribution is 2.33. The van der Waals surface area contributed by atoms with Gasteiger partial charge in [0.15, 0.2) is 0 Å². The number of amides is 1. The first-order chi connectivity index (χ1) is 10.6. The summed E-state index contributed by atoms with van der Waals surface area (Å²) in [4.78, 5) is 36.7. The zero-order chi connectivity index (χ0) is 15.7. The first-order valence-electron chi connectivity index (χ1n) is 7.03. The minimum absolute atomic E-state index is 0.0268. The highest BCUT2D eigenvalue weighted by Gasteiger charge is 2.25. The normalized spacial score (nSPS) is 13.4. The molecule has 0 atom stereocenters. The van der Waals surface area contributed by atoms with Crippen molar-refractivity contribution in [2.75, 3.05) is 11.4 Å². The van der Waals surface area contributed by atoms with Gasteiger partial charge in [-0.15, -0.1) is 0 Å². The van der Waals surface area contributed by atoms with Gasteiger partial charge in [0.1, 0.15) is 0 Å². The van der Waals surface area contributed by atoms with Gasteiger partial charge in [0.25, 0.3) is 0 Å². The van der Waals surface area contributed by atoms with Gasteiger partial charge in [0.2, 0.25) is 5.91 Å². The molecule has 0 unspecified atom stereocenters. The van der Waals surface area contributed by atoms with E-state index >= 15 is 0 Å². The standard InChI is InChI=1S/C14H15ClN4O3/c15-10-3-1-4-11-9(10)6-8-18(11)12(20)5-2-7-19-13(21)16-17-14(19)22/h1,3-4H,2,5-8H2,(H,16,21)(H,17,22). The van der Waals surface area contributed by atoms with Crippen LogP contribution in [-0.4, -0.2) is 27.2 Å². The van der Waals surface area contributed by atoms with Crippen molar-refractivity contribution in [1.29, 1.82) is 0 Å². The van der Waals surface area contributed by atoms with Crippen molar-refractivity contribution in [3.05, 3.63) is 49.8 Å². The molecule has 2 N–H and O–H groups in total. The minimum Gasteiger partial charge on any atom is -0.312 e. The number of rotatable bonds is 4. The topological polar surface area (TPSA) is 91.0 Å². The molecule has 8 heteroatoms. The molecule has 116 valence electrons. The van der Waals surface area contributed by atoms with Gasteiger partial charge < -0.3 is 4.90 Å². The molecule has 0 bridgehead atoms. The van der Waals surface area contributed by atoms with Crippen LogP contribution in [0.2, 0.25) is 5.02 Å². The van der Waals surface area contributed by atoms with Crippen molar-refractivity contribution in [2.45, 2.75) is 25.8 Å². The van der Waals surface area contributed by atoms with Crippen LogP contribution in [0, 0.1) is 0 Å². The molecule has 0 spiro atoms. The quantitative estimate of drug-likeness (QED) is 0.875. The van der Waals surface area contributed by atoms with Crippen LogP contribution in [0.15, 0.2) is 27.8 Å². The first-order valence-corrected chi connectivity index (χ1v) is 7.41. The number of halogens is 1. The number of hydrogen-bond acceptors (Lipinski definition) is 3. The van der Waals surface area contributed by atoms with E-state index in [2.05, 4.69) is 10.2 Å². The van der Waals surface area contributed by atoms with E-state index in [-0.39, 0.29) is 18.9 Å². The third-order valence-corrected chi connectivity index (χ3v) is 4.16. The average molecular weight is 323 g/mol. The summed E-state index contributed by atoms with van der Waals surface area (Å²) >= 11 is 6.13. The molecule has 2 heterocycles. The summed E-state index contributed by atoms with van der Waals surface area (Å²) in [6.45, 7) is 0.822. The fourth-order valence-electron chi connectivity index (χ4n) is 2.71. The van der Waals surface area contributed by atoms with Gasteiger partial charge in [-0.3, -0.25) is 4.79 Å². The molecule has 0 saturated heterocycles. The minimum atomic E-state index is -0.490. The monoisotopic (exact) mass is 322 g/mol. The summed E-state index contributed by atoms with van der Waals surface area (Å²) in [6.07, 6.45) is 1.44. The number of carbonyl (C=O) groups is 1. The Balaban J connectivity index is 1.64. The number of carbonyl (C=O) groups excluding carboxylic acids is 1. The molecule has 3 rings (SSSR count). The molecule has 1 aliphatic heterocycles. The molecule has 0 radical (unpaired) electrons. The van der Waals surface area contributed by atoms with E-state index in [0.29, 0.717) is 18.0 Å². The van der Waals surface area contributed by atoms with Crippen LogP contribution in [0.5, 0.6) is 0 Å². The molecule has 0 fully saturated rings. The lowest BCUT2D eigenvalue weighted by atomic mass is 10.2. The van der Waals surface area contributed by atoms with Crippen molar-refractivity contribution in [3.8, 4) is 0 Å². The fraction of sp³-hybridized carbons (Fsp3) is 0.357. The zero-order valence-corrected chi connectivity index (χ0v) is 12.5. The lowest BCUT2D eigenvalue weighted by molar-refractivity contribution is -0.118. The van der Waals surface area contributed by atoms with E-state index in [0.717, 1.165) is 22.2 Å². The van der Waals surface area contributed by atoms with Gasteiger partial charge in [-0.25, -0.2) is 24.4 Å². The van der Waals surface area contributed by atoms with E-state index in [4.69, 9.17) is 11.6 Å². The van der Waals surface area contributed by atoms with Crippen molar-refractivity contribution in [2.24, 2.45) is 0 Å². The number of nitrogens with one attached hydrogen (secondary N) is 2. The van der Waals surface area contributed by atoms with Crippen LogP contribution < -0.4 is 16.3 Å². The van der Waals surface area contributed by atoms with E-state index in [1.165, 1.54) is 0 Å². The Kier molecular flexibility index (Phi) is 3.89. The molecule has 1 aromatic heterocycles. The third kappa shape index (κ3) is 2.59. The summed E-state index contributed by atoms with van der Waals surface area (Å²) in [5.74, 6) is -0.0268. The maximum Gasteiger partial charge on any atom is 0.344 e. The first kappa shape index (κ1) is 14.6. The van der Waals surface area contributed by atoms with Crippen LogP contribution in [0.25, 0.3) is 0 Å². The maximum absolute atomic E-state index is 12.3. The van der Waals surface area contributed by atoms with Crippen LogP contribution in [0.1, 0.15) is 18.4 Å². The molecule has 2 aromatic rings. The molecule has 1 amide bonds. The van der Waals surface area contributed by atoms with Crippen LogP contribution in [0.4, 0.5) is 5.69 Å². The number of benzene rings is 1.